The first-order chi connectivity index (χ1) is 18.8. The summed E-state index contributed by atoms with van der Waals surface area (Å²) in [5.74, 6) is -0.425. The predicted molar refractivity (Wildman–Crippen MR) is 147 cm³/mol. The number of piperazine rings is 1. The lowest BCUT2D eigenvalue weighted by atomic mass is 10.2. The second-order valence-corrected chi connectivity index (χ2v) is 11.0. The molecule has 1 aromatic heterocycles. The molecule has 1 aliphatic heterocycles. The van der Waals surface area contributed by atoms with Gasteiger partial charge in [-0.2, -0.15) is 4.31 Å². The summed E-state index contributed by atoms with van der Waals surface area (Å²) in [5, 5.41) is 3.18. The second kappa shape index (κ2) is 10.9. The van der Waals surface area contributed by atoms with Gasteiger partial charge in [0.2, 0.25) is 15.9 Å². The molecule has 0 saturated carbocycles. The number of anilines is 2. The second-order valence-electron chi connectivity index (χ2n) is 9.06. The summed E-state index contributed by atoms with van der Waals surface area (Å²) in [5.41, 5.74) is 0.373. The molecule has 0 atom stereocenters. The number of sulfonamides is 1. The lowest BCUT2D eigenvalue weighted by Gasteiger charge is -2.35. The normalized spacial score (nSPS) is 14.4. The van der Waals surface area contributed by atoms with Gasteiger partial charge in [-0.25, -0.2) is 12.8 Å². The highest BCUT2D eigenvalue weighted by molar-refractivity contribution is 7.89. The van der Waals surface area contributed by atoms with Gasteiger partial charge in [-0.3, -0.25) is 9.59 Å². The number of benzene rings is 3. The average Bonchev–Trinajstić information content (AvgIpc) is 2.95. The number of carbonyl (C=O) groups is 1. The van der Waals surface area contributed by atoms with Gasteiger partial charge in [0, 0.05) is 43.1 Å². The van der Waals surface area contributed by atoms with Crippen molar-refractivity contribution in [1.29, 1.82) is 0 Å². The molecule has 9 nitrogen and oxygen atoms in total. The highest BCUT2D eigenvalue weighted by Crippen LogP contribution is 2.27. The van der Waals surface area contributed by atoms with Gasteiger partial charge >= 0.3 is 0 Å². The Kier molecular flexibility index (Phi) is 7.36. The van der Waals surface area contributed by atoms with Crippen LogP contribution >= 0.6 is 0 Å². The van der Waals surface area contributed by atoms with Crippen molar-refractivity contribution in [2.45, 2.75) is 11.4 Å². The molecule has 5 rings (SSSR count). The Morgan fingerprint density at radius 1 is 0.923 bits per heavy atom. The van der Waals surface area contributed by atoms with Gasteiger partial charge in [0.1, 0.15) is 23.0 Å². The number of ether oxygens (including phenoxy) is 1. The Labute approximate surface area is 225 Å². The summed E-state index contributed by atoms with van der Waals surface area (Å²) < 4.78 is 49.6. The smallest absolute Gasteiger partial charge is 0.258 e. The van der Waals surface area contributed by atoms with Crippen LogP contribution in [0.25, 0.3) is 10.8 Å². The van der Waals surface area contributed by atoms with E-state index in [2.05, 4.69) is 5.32 Å². The highest BCUT2D eigenvalue weighted by Gasteiger charge is 2.31. The molecule has 3 aromatic carbocycles. The number of hydrogen-bond donors (Lipinski definition) is 1. The molecule has 1 amide bonds. The number of hydrogen-bond acceptors (Lipinski definition) is 6. The molecule has 0 aliphatic carbocycles. The molecular formula is C28H27FN4O5S. The van der Waals surface area contributed by atoms with Crippen LogP contribution in [0.1, 0.15) is 0 Å². The van der Waals surface area contributed by atoms with E-state index in [0.717, 1.165) is 4.57 Å². The summed E-state index contributed by atoms with van der Waals surface area (Å²) in [6.45, 7) is 0.486. The minimum atomic E-state index is -4.05. The lowest BCUT2D eigenvalue weighted by molar-refractivity contribution is -0.116. The molecule has 1 aliphatic rings. The van der Waals surface area contributed by atoms with Gasteiger partial charge in [-0.15, -0.1) is 0 Å². The number of aromatic nitrogens is 1. The van der Waals surface area contributed by atoms with E-state index >= 15 is 0 Å². The van der Waals surface area contributed by atoms with E-state index in [9.17, 15) is 22.4 Å². The summed E-state index contributed by atoms with van der Waals surface area (Å²) in [6, 6.07) is 19.7. The van der Waals surface area contributed by atoms with Crippen molar-refractivity contribution in [3.8, 4) is 5.75 Å². The Bertz CT molecular complexity index is 1700. The third-order valence-corrected chi connectivity index (χ3v) is 8.63. The molecule has 1 N–H and O–H groups in total. The third-order valence-electron chi connectivity index (χ3n) is 6.70. The van der Waals surface area contributed by atoms with Crippen LogP contribution in [0.2, 0.25) is 0 Å². The van der Waals surface area contributed by atoms with Crippen LogP contribution in [0.4, 0.5) is 15.8 Å². The monoisotopic (exact) mass is 550 g/mol. The van der Waals surface area contributed by atoms with Crippen LogP contribution in [0, 0.1) is 5.82 Å². The highest BCUT2D eigenvalue weighted by atomic mass is 32.2. The molecule has 11 heteroatoms. The van der Waals surface area contributed by atoms with Gasteiger partial charge < -0.3 is 19.5 Å². The zero-order valence-electron chi connectivity index (χ0n) is 21.2. The zero-order chi connectivity index (χ0) is 27.6. The van der Waals surface area contributed by atoms with Crippen LogP contribution in [-0.2, 0) is 21.4 Å². The van der Waals surface area contributed by atoms with Crippen LogP contribution in [0.15, 0.2) is 88.7 Å². The van der Waals surface area contributed by atoms with E-state index in [1.807, 2.05) is 4.90 Å². The number of halogens is 1. The van der Waals surface area contributed by atoms with E-state index in [1.165, 1.54) is 23.7 Å². The molecule has 0 radical (unpaired) electrons. The van der Waals surface area contributed by atoms with Crippen molar-refractivity contribution >= 4 is 38.1 Å². The number of nitrogens with one attached hydrogen (secondary N) is 1. The maximum absolute atomic E-state index is 14.3. The number of para-hydroxylation sites is 3. The number of carbonyl (C=O) groups excluding carboxylic acids is 1. The summed E-state index contributed by atoms with van der Waals surface area (Å²) in [6.07, 6.45) is 1.23. The number of nitrogens with zero attached hydrogens (tertiary/aromatic N) is 3. The molecule has 4 aromatic rings. The Balaban J connectivity index is 1.44. The summed E-state index contributed by atoms with van der Waals surface area (Å²) in [4.78, 5) is 27.9. The first-order valence-electron chi connectivity index (χ1n) is 12.3. The average molecular weight is 551 g/mol. The van der Waals surface area contributed by atoms with Gasteiger partial charge in [-0.05, 0) is 30.3 Å². The molecule has 0 unspecified atom stereocenters. The number of methoxy groups -OCH3 is 1. The number of pyridine rings is 1. The Morgan fingerprint density at radius 3 is 2.28 bits per heavy atom. The van der Waals surface area contributed by atoms with Crippen LogP contribution < -0.4 is 20.5 Å². The summed E-state index contributed by atoms with van der Waals surface area (Å²) >= 11 is 0. The van der Waals surface area contributed by atoms with Crippen LogP contribution in [0.5, 0.6) is 5.75 Å². The largest absolute Gasteiger partial charge is 0.495 e. The minimum absolute atomic E-state index is 0.0675. The molecule has 1 saturated heterocycles. The van der Waals surface area contributed by atoms with Crippen molar-refractivity contribution < 1.29 is 22.3 Å². The quantitative estimate of drug-likeness (QED) is 0.379. The third kappa shape index (κ3) is 5.23. The van der Waals surface area contributed by atoms with Crippen molar-refractivity contribution in [2.24, 2.45) is 0 Å². The number of fused-ring (bicyclic) bond motifs is 1. The Morgan fingerprint density at radius 2 is 1.56 bits per heavy atom. The van der Waals surface area contributed by atoms with Crippen molar-refractivity contribution in [1.82, 2.24) is 8.87 Å². The molecule has 202 valence electrons. The molecule has 1 fully saturated rings. The van der Waals surface area contributed by atoms with Crippen LogP contribution in [0.3, 0.4) is 0 Å². The van der Waals surface area contributed by atoms with Crippen molar-refractivity contribution in [3.05, 3.63) is 95.2 Å². The fourth-order valence-corrected chi connectivity index (χ4v) is 6.38. The zero-order valence-corrected chi connectivity index (χ0v) is 22.0. The SMILES string of the molecule is COc1ccccc1NC(=O)Cn1cc(S(=O)(=O)N2CCN(c3ccccc3F)CC2)c2ccccc2c1=O. The van der Waals surface area contributed by atoms with Gasteiger partial charge in [-0.1, -0.05) is 42.5 Å². The van der Waals surface area contributed by atoms with Gasteiger partial charge in [0.15, 0.2) is 0 Å². The molecular weight excluding hydrogens is 523 g/mol. The van der Waals surface area contributed by atoms with Gasteiger partial charge in [0.25, 0.3) is 5.56 Å². The number of rotatable bonds is 7. The van der Waals surface area contributed by atoms with Gasteiger partial charge in [0.05, 0.1) is 18.5 Å². The number of amides is 1. The summed E-state index contributed by atoms with van der Waals surface area (Å²) in [7, 11) is -2.57. The first kappa shape index (κ1) is 26.4. The first-order valence-corrected chi connectivity index (χ1v) is 13.8. The fourth-order valence-electron chi connectivity index (χ4n) is 4.74. The van der Waals surface area contributed by atoms with E-state index in [1.54, 1.807) is 66.7 Å². The standard InChI is InChI=1S/C28H27FN4O5S/c1-38-25-13-7-5-11-23(25)30-27(34)19-32-18-26(20-8-2-3-9-21(20)28(32)35)39(36,37)33-16-14-31(15-17-33)24-12-6-4-10-22(24)29/h2-13,18H,14-17,19H2,1H3,(H,30,34). The van der Waals surface area contributed by atoms with Crippen LogP contribution in [-0.4, -0.2) is 56.5 Å². The molecule has 0 spiro atoms. The Hall–Kier alpha value is -4.22. The van der Waals surface area contributed by atoms with E-state index in [0.29, 0.717) is 30.2 Å². The maximum Gasteiger partial charge on any atom is 0.258 e. The topological polar surface area (TPSA) is 101 Å². The van der Waals surface area contributed by atoms with E-state index in [4.69, 9.17) is 4.74 Å². The fraction of sp³-hybridized carbons (Fsp3) is 0.214. The van der Waals surface area contributed by atoms with E-state index in [-0.39, 0.29) is 34.6 Å². The molecule has 2 heterocycles. The predicted octanol–water partition coefficient (Wildman–Crippen LogP) is 3.30. The van der Waals surface area contributed by atoms with E-state index < -0.39 is 28.0 Å². The van der Waals surface area contributed by atoms with Crippen molar-refractivity contribution in [3.63, 3.8) is 0 Å². The molecule has 39 heavy (non-hydrogen) atoms. The maximum atomic E-state index is 14.3. The molecule has 0 bridgehead atoms. The van der Waals surface area contributed by atoms with Crippen molar-refractivity contribution in [2.75, 3.05) is 43.5 Å². The minimum Gasteiger partial charge on any atom is -0.495 e. The lowest BCUT2D eigenvalue weighted by Crippen LogP contribution is -2.49.